The molecule has 0 aliphatic rings. The first-order valence-corrected chi connectivity index (χ1v) is 9.33. The van der Waals surface area contributed by atoms with Crippen LogP contribution >= 0.6 is 12.2 Å². The van der Waals surface area contributed by atoms with Crippen LogP contribution in [-0.2, 0) is 4.79 Å². The molecule has 27 heavy (non-hydrogen) atoms. The number of benzene rings is 2. The lowest BCUT2D eigenvalue weighted by molar-refractivity contribution is -0.116. The number of carbonyl (C=O) groups excluding carboxylic acids is 1. The maximum Gasteiger partial charge on any atom is 0.243 e. The standard InChI is InChI=1S/C21H27N3O2S/c1-6-24(13-19(25)23-20-14(2)8-7-9-15(20)3)21(27)22-18-11-10-17(26-5)12-16(18)4/h7-12H,6,13H2,1-5H3,(H,22,27)(H,23,25). The van der Waals surface area contributed by atoms with Crippen LogP contribution in [0.1, 0.15) is 23.6 Å². The van der Waals surface area contributed by atoms with Gasteiger partial charge in [0.2, 0.25) is 5.91 Å². The van der Waals surface area contributed by atoms with Gasteiger partial charge in [0.15, 0.2) is 5.11 Å². The van der Waals surface area contributed by atoms with E-state index in [0.717, 1.165) is 33.8 Å². The molecule has 0 heterocycles. The number of nitrogens with zero attached hydrogens (tertiary/aromatic N) is 1. The summed E-state index contributed by atoms with van der Waals surface area (Å²) >= 11 is 5.52. The normalized spacial score (nSPS) is 10.3. The molecule has 144 valence electrons. The van der Waals surface area contributed by atoms with Gasteiger partial charge in [-0.15, -0.1) is 0 Å². The van der Waals surface area contributed by atoms with Gasteiger partial charge in [-0.1, -0.05) is 18.2 Å². The van der Waals surface area contributed by atoms with E-state index >= 15 is 0 Å². The van der Waals surface area contributed by atoms with Crippen LogP contribution in [0, 0.1) is 20.8 Å². The minimum Gasteiger partial charge on any atom is -0.497 e. The van der Waals surface area contributed by atoms with Crippen molar-refractivity contribution >= 4 is 34.6 Å². The summed E-state index contributed by atoms with van der Waals surface area (Å²) in [6.45, 7) is 8.74. The number of rotatable bonds is 6. The van der Waals surface area contributed by atoms with Gasteiger partial charge in [0.25, 0.3) is 0 Å². The fourth-order valence-electron chi connectivity index (χ4n) is 2.79. The Morgan fingerprint density at radius 1 is 1.07 bits per heavy atom. The van der Waals surface area contributed by atoms with Gasteiger partial charge < -0.3 is 20.3 Å². The highest BCUT2D eigenvalue weighted by molar-refractivity contribution is 7.80. The molecule has 0 aliphatic heterocycles. The van der Waals surface area contributed by atoms with Gasteiger partial charge in [0.1, 0.15) is 5.75 Å². The van der Waals surface area contributed by atoms with Crippen molar-refractivity contribution in [2.75, 3.05) is 30.8 Å². The van der Waals surface area contributed by atoms with Gasteiger partial charge >= 0.3 is 0 Å². The Bertz CT molecular complexity index is 816. The molecule has 0 saturated heterocycles. The van der Waals surface area contributed by atoms with E-state index in [4.69, 9.17) is 17.0 Å². The van der Waals surface area contributed by atoms with Crippen LogP contribution in [0.15, 0.2) is 36.4 Å². The van der Waals surface area contributed by atoms with Crippen molar-refractivity contribution in [3.05, 3.63) is 53.1 Å². The number of carbonyl (C=O) groups is 1. The molecule has 2 aromatic rings. The summed E-state index contributed by atoms with van der Waals surface area (Å²) in [5, 5.41) is 6.75. The van der Waals surface area contributed by atoms with Gasteiger partial charge in [-0.2, -0.15) is 0 Å². The first-order chi connectivity index (χ1) is 12.8. The summed E-state index contributed by atoms with van der Waals surface area (Å²) in [6, 6.07) is 11.7. The fourth-order valence-corrected chi connectivity index (χ4v) is 3.09. The van der Waals surface area contributed by atoms with E-state index in [9.17, 15) is 4.79 Å². The smallest absolute Gasteiger partial charge is 0.243 e. The molecule has 6 heteroatoms. The van der Waals surface area contributed by atoms with Crippen molar-refractivity contribution in [3.8, 4) is 5.75 Å². The lowest BCUT2D eigenvalue weighted by Gasteiger charge is -2.25. The van der Waals surface area contributed by atoms with E-state index in [1.54, 1.807) is 7.11 Å². The van der Waals surface area contributed by atoms with Crippen molar-refractivity contribution < 1.29 is 9.53 Å². The molecular formula is C21H27N3O2S. The zero-order valence-electron chi connectivity index (χ0n) is 16.6. The van der Waals surface area contributed by atoms with Gasteiger partial charge in [-0.3, -0.25) is 4.79 Å². The van der Waals surface area contributed by atoms with Crippen LogP contribution in [0.3, 0.4) is 0 Å². The minimum absolute atomic E-state index is 0.0927. The monoisotopic (exact) mass is 385 g/mol. The van der Waals surface area contributed by atoms with Gasteiger partial charge in [0.05, 0.1) is 13.7 Å². The molecule has 0 fully saturated rings. The number of aryl methyl sites for hydroxylation is 3. The van der Waals surface area contributed by atoms with Gasteiger partial charge in [-0.05, 0) is 74.8 Å². The molecular weight excluding hydrogens is 358 g/mol. The molecule has 0 aromatic heterocycles. The highest BCUT2D eigenvalue weighted by Crippen LogP contribution is 2.22. The second-order valence-electron chi connectivity index (χ2n) is 6.44. The molecule has 1 amide bonds. The van der Waals surface area contributed by atoms with E-state index in [1.807, 2.05) is 69.0 Å². The molecule has 0 atom stereocenters. The van der Waals surface area contributed by atoms with E-state index in [0.29, 0.717) is 11.7 Å². The van der Waals surface area contributed by atoms with Crippen LogP contribution < -0.4 is 15.4 Å². The van der Waals surface area contributed by atoms with Crippen molar-refractivity contribution in [2.24, 2.45) is 0 Å². The largest absolute Gasteiger partial charge is 0.497 e. The summed E-state index contributed by atoms with van der Waals surface area (Å²) in [5.74, 6) is 0.703. The molecule has 5 nitrogen and oxygen atoms in total. The number of likely N-dealkylation sites (N-methyl/N-ethyl adjacent to an activating group) is 1. The van der Waals surface area contributed by atoms with E-state index in [2.05, 4.69) is 10.6 Å². The Morgan fingerprint density at radius 3 is 2.30 bits per heavy atom. The number of anilines is 2. The average molecular weight is 386 g/mol. The number of para-hydroxylation sites is 1. The predicted octanol–water partition coefficient (Wildman–Crippen LogP) is 4.28. The molecule has 0 unspecified atom stereocenters. The lowest BCUT2D eigenvalue weighted by Crippen LogP contribution is -2.40. The van der Waals surface area contributed by atoms with Crippen molar-refractivity contribution in [3.63, 3.8) is 0 Å². The van der Waals surface area contributed by atoms with Crippen molar-refractivity contribution in [1.82, 2.24) is 4.90 Å². The van der Waals surface area contributed by atoms with Crippen LogP contribution in [0.5, 0.6) is 5.75 Å². The molecule has 2 rings (SSSR count). The van der Waals surface area contributed by atoms with Crippen LogP contribution in [0.2, 0.25) is 0 Å². The molecule has 0 saturated carbocycles. The van der Waals surface area contributed by atoms with Gasteiger partial charge in [0, 0.05) is 17.9 Å². The number of thiocarbonyl (C=S) groups is 1. The summed E-state index contributed by atoms with van der Waals surface area (Å²) in [5.41, 5.74) is 4.87. The maximum atomic E-state index is 12.5. The third-order valence-corrected chi connectivity index (χ3v) is 4.78. The zero-order valence-corrected chi connectivity index (χ0v) is 17.4. The topological polar surface area (TPSA) is 53.6 Å². The van der Waals surface area contributed by atoms with Crippen molar-refractivity contribution in [1.29, 1.82) is 0 Å². The second kappa shape index (κ2) is 9.37. The molecule has 2 N–H and O–H groups in total. The summed E-state index contributed by atoms with van der Waals surface area (Å²) < 4.78 is 5.23. The number of nitrogens with one attached hydrogen (secondary N) is 2. The Hall–Kier alpha value is -2.60. The van der Waals surface area contributed by atoms with Gasteiger partial charge in [-0.25, -0.2) is 0 Å². The van der Waals surface area contributed by atoms with E-state index in [-0.39, 0.29) is 12.5 Å². The quantitative estimate of drug-likeness (QED) is 0.727. The fraction of sp³-hybridized carbons (Fsp3) is 0.333. The zero-order chi connectivity index (χ0) is 20.0. The molecule has 0 bridgehead atoms. The maximum absolute atomic E-state index is 12.5. The Labute approximate surface area is 166 Å². The number of ether oxygens (including phenoxy) is 1. The number of hydrogen-bond donors (Lipinski definition) is 2. The number of amides is 1. The van der Waals surface area contributed by atoms with E-state index in [1.165, 1.54) is 0 Å². The highest BCUT2D eigenvalue weighted by atomic mass is 32.1. The first-order valence-electron chi connectivity index (χ1n) is 8.92. The summed E-state index contributed by atoms with van der Waals surface area (Å²) in [6.07, 6.45) is 0. The minimum atomic E-state index is -0.0927. The molecule has 0 aliphatic carbocycles. The molecule has 0 spiro atoms. The third kappa shape index (κ3) is 5.44. The van der Waals surface area contributed by atoms with Crippen LogP contribution in [0.25, 0.3) is 0 Å². The second-order valence-corrected chi connectivity index (χ2v) is 6.83. The Balaban J connectivity index is 2.03. The third-order valence-electron chi connectivity index (χ3n) is 4.42. The molecule has 2 aromatic carbocycles. The summed E-state index contributed by atoms with van der Waals surface area (Å²) in [4.78, 5) is 14.4. The van der Waals surface area contributed by atoms with E-state index < -0.39 is 0 Å². The highest BCUT2D eigenvalue weighted by Gasteiger charge is 2.15. The SMILES string of the molecule is CCN(CC(=O)Nc1c(C)cccc1C)C(=S)Nc1ccc(OC)cc1C. The Morgan fingerprint density at radius 2 is 1.74 bits per heavy atom. The number of methoxy groups -OCH3 is 1. The Kier molecular flexibility index (Phi) is 7.19. The predicted molar refractivity (Wildman–Crippen MR) is 116 cm³/mol. The lowest BCUT2D eigenvalue weighted by atomic mass is 10.1. The van der Waals surface area contributed by atoms with Crippen LogP contribution in [0.4, 0.5) is 11.4 Å². The molecule has 0 radical (unpaired) electrons. The first kappa shape index (κ1) is 20.7. The van der Waals surface area contributed by atoms with Crippen molar-refractivity contribution in [2.45, 2.75) is 27.7 Å². The summed E-state index contributed by atoms with van der Waals surface area (Å²) in [7, 11) is 1.64. The average Bonchev–Trinajstić information content (AvgIpc) is 2.64. The number of hydrogen-bond acceptors (Lipinski definition) is 3. The van der Waals surface area contributed by atoms with Crippen LogP contribution in [-0.4, -0.2) is 36.1 Å².